The maximum Gasteiger partial charge on any atom is 0.335 e. The minimum atomic E-state index is -0.981. The van der Waals surface area contributed by atoms with Crippen LogP contribution in [-0.2, 0) is 0 Å². The van der Waals surface area contributed by atoms with Crippen molar-refractivity contribution in [3.05, 3.63) is 54.2 Å². The number of nitrogens with one attached hydrogen (secondary N) is 2. The molecular formula is C18H14N4O3. The number of aromatic carboxylic acids is 1. The molecule has 0 saturated carbocycles. The first kappa shape index (κ1) is 14.9. The van der Waals surface area contributed by atoms with Crippen LogP contribution in [0.4, 0.5) is 0 Å². The van der Waals surface area contributed by atoms with Crippen molar-refractivity contribution < 1.29 is 14.6 Å². The van der Waals surface area contributed by atoms with E-state index in [1.54, 1.807) is 25.4 Å². The zero-order valence-electron chi connectivity index (χ0n) is 13.3. The molecule has 2 aromatic carbocycles. The molecule has 0 spiro atoms. The highest BCUT2D eigenvalue weighted by atomic mass is 16.5. The van der Waals surface area contributed by atoms with Crippen LogP contribution in [0.2, 0.25) is 0 Å². The molecule has 0 amide bonds. The molecule has 4 aromatic rings. The van der Waals surface area contributed by atoms with Crippen LogP contribution >= 0.6 is 0 Å². The van der Waals surface area contributed by atoms with E-state index in [1.807, 2.05) is 24.3 Å². The molecule has 0 bridgehead atoms. The zero-order chi connectivity index (χ0) is 17.4. The number of imidazole rings is 1. The van der Waals surface area contributed by atoms with Gasteiger partial charge in [-0.15, -0.1) is 0 Å². The average molecular weight is 334 g/mol. The van der Waals surface area contributed by atoms with Gasteiger partial charge in [0, 0.05) is 10.9 Å². The molecule has 2 heterocycles. The monoisotopic (exact) mass is 334 g/mol. The fraction of sp³-hybridized carbons (Fsp3) is 0.0556. The number of methoxy groups -OCH3 is 1. The van der Waals surface area contributed by atoms with E-state index in [2.05, 4.69) is 20.2 Å². The summed E-state index contributed by atoms with van der Waals surface area (Å²) in [5, 5.41) is 17.0. The van der Waals surface area contributed by atoms with Crippen molar-refractivity contribution in [1.82, 2.24) is 20.2 Å². The van der Waals surface area contributed by atoms with Crippen LogP contribution in [0, 0.1) is 0 Å². The van der Waals surface area contributed by atoms with E-state index >= 15 is 0 Å². The summed E-state index contributed by atoms with van der Waals surface area (Å²) in [6.45, 7) is 0. The summed E-state index contributed by atoms with van der Waals surface area (Å²) in [6, 6.07) is 12.4. The third kappa shape index (κ3) is 2.61. The summed E-state index contributed by atoms with van der Waals surface area (Å²) >= 11 is 0. The second-order valence-electron chi connectivity index (χ2n) is 5.52. The topological polar surface area (TPSA) is 104 Å². The van der Waals surface area contributed by atoms with Crippen molar-refractivity contribution in [2.45, 2.75) is 0 Å². The predicted molar refractivity (Wildman–Crippen MR) is 92.6 cm³/mol. The van der Waals surface area contributed by atoms with Crippen molar-refractivity contribution in [3.63, 3.8) is 0 Å². The van der Waals surface area contributed by atoms with Crippen molar-refractivity contribution in [3.8, 4) is 28.5 Å². The lowest BCUT2D eigenvalue weighted by Gasteiger charge is -2.02. The second-order valence-corrected chi connectivity index (χ2v) is 5.52. The Morgan fingerprint density at radius 3 is 2.88 bits per heavy atom. The molecule has 2 aromatic heterocycles. The van der Waals surface area contributed by atoms with Gasteiger partial charge in [-0.2, -0.15) is 5.10 Å². The van der Waals surface area contributed by atoms with Gasteiger partial charge < -0.3 is 14.8 Å². The van der Waals surface area contributed by atoms with Gasteiger partial charge in [0.1, 0.15) is 11.4 Å². The second kappa shape index (κ2) is 5.79. The Hall–Kier alpha value is -3.61. The molecule has 124 valence electrons. The number of carboxylic acid groups (broad SMARTS) is 1. The van der Waals surface area contributed by atoms with Crippen molar-refractivity contribution in [1.29, 1.82) is 0 Å². The lowest BCUT2D eigenvalue weighted by Crippen LogP contribution is -1.95. The number of fused-ring (bicyclic) bond motifs is 1. The average Bonchev–Trinajstić information content (AvgIpc) is 3.27. The Morgan fingerprint density at radius 2 is 2.08 bits per heavy atom. The van der Waals surface area contributed by atoms with Crippen molar-refractivity contribution in [2.75, 3.05) is 7.11 Å². The zero-order valence-corrected chi connectivity index (χ0v) is 13.3. The number of rotatable bonds is 4. The molecule has 0 atom stereocenters. The van der Waals surface area contributed by atoms with Gasteiger partial charge in [0.2, 0.25) is 0 Å². The largest absolute Gasteiger partial charge is 0.497 e. The first-order chi connectivity index (χ1) is 12.2. The quantitative estimate of drug-likeness (QED) is 0.531. The third-order valence-corrected chi connectivity index (χ3v) is 3.99. The van der Waals surface area contributed by atoms with E-state index in [0.717, 1.165) is 22.5 Å². The van der Waals surface area contributed by atoms with Crippen LogP contribution in [0.1, 0.15) is 10.4 Å². The Labute approximate surface area is 142 Å². The summed E-state index contributed by atoms with van der Waals surface area (Å²) in [5.74, 6) is 0.335. The van der Waals surface area contributed by atoms with Crippen LogP contribution in [-0.4, -0.2) is 38.4 Å². The van der Waals surface area contributed by atoms with Crippen LogP contribution in [0.5, 0.6) is 5.75 Å². The SMILES string of the molecule is COc1cccc(-c2cnc(-c3n[nH]c4ccc(C(=O)O)cc34)[nH]2)c1. The normalized spacial score (nSPS) is 10.9. The first-order valence-electron chi connectivity index (χ1n) is 7.57. The lowest BCUT2D eigenvalue weighted by molar-refractivity contribution is 0.0697. The third-order valence-electron chi connectivity index (χ3n) is 3.99. The van der Waals surface area contributed by atoms with E-state index in [1.165, 1.54) is 6.07 Å². The minimum Gasteiger partial charge on any atom is -0.497 e. The van der Waals surface area contributed by atoms with E-state index in [9.17, 15) is 9.90 Å². The number of nitrogens with zero attached hydrogens (tertiary/aromatic N) is 2. The summed E-state index contributed by atoms with van der Waals surface area (Å²) in [6.07, 6.45) is 1.71. The van der Waals surface area contributed by atoms with Crippen LogP contribution < -0.4 is 4.74 Å². The van der Waals surface area contributed by atoms with Gasteiger partial charge in [0.25, 0.3) is 0 Å². The minimum absolute atomic E-state index is 0.203. The maximum atomic E-state index is 11.2. The molecule has 3 N–H and O–H groups in total. The molecule has 0 aliphatic carbocycles. The Kier molecular flexibility index (Phi) is 3.46. The first-order valence-corrected chi connectivity index (χ1v) is 7.57. The number of carbonyl (C=O) groups is 1. The van der Waals surface area contributed by atoms with E-state index in [-0.39, 0.29) is 5.56 Å². The number of H-pyrrole nitrogens is 2. The van der Waals surface area contributed by atoms with Gasteiger partial charge in [0.05, 0.1) is 30.1 Å². The van der Waals surface area contributed by atoms with E-state index in [4.69, 9.17) is 4.74 Å². The van der Waals surface area contributed by atoms with Crippen LogP contribution in [0.15, 0.2) is 48.7 Å². The van der Waals surface area contributed by atoms with Gasteiger partial charge in [-0.05, 0) is 30.3 Å². The number of hydrogen-bond acceptors (Lipinski definition) is 4. The lowest BCUT2D eigenvalue weighted by atomic mass is 10.1. The van der Waals surface area contributed by atoms with Gasteiger partial charge in [-0.25, -0.2) is 9.78 Å². The highest BCUT2D eigenvalue weighted by molar-refractivity contribution is 5.98. The number of ether oxygens (including phenoxy) is 1. The standard InChI is InChI=1S/C18H14N4O3/c1-25-12-4-2-3-10(7-12)15-9-19-17(20-15)16-13-8-11(18(23)24)5-6-14(13)21-22-16/h2-9H,1H3,(H,19,20)(H,21,22)(H,23,24). The summed E-state index contributed by atoms with van der Waals surface area (Å²) in [4.78, 5) is 18.8. The predicted octanol–water partition coefficient (Wildman–Crippen LogP) is 3.33. The molecule has 0 radical (unpaired) electrons. The van der Waals surface area contributed by atoms with Crippen molar-refractivity contribution >= 4 is 16.9 Å². The Balaban J connectivity index is 1.78. The highest BCUT2D eigenvalue weighted by Gasteiger charge is 2.14. The fourth-order valence-corrected chi connectivity index (χ4v) is 2.71. The summed E-state index contributed by atoms with van der Waals surface area (Å²) in [5.41, 5.74) is 3.28. The molecule has 25 heavy (non-hydrogen) atoms. The smallest absolute Gasteiger partial charge is 0.335 e. The van der Waals surface area contributed by atoms with Crippen LogP contribution in [0.3, 0.4) is 0 Å². The molecule has 0 aliphatic rings. The fourth-order valence-electron chi connectivity index (χ4n) is 2.71. The molecule has 0 unspecified atom stereocenters. The van der Waals surface area contributed by atoms with Gasteiger partial charge in [-0.3, -0.25) is 5.10 Å². The number of carboxylic acids is 1. The molecule has 4 rings (SSSR count). The number of aromatic amines is 2. The van der Waals surface area contributed by atoms with E-state index in [0.29, 0.717) is 16.9 Å². The van der Waals surface area contributed by atoms with E-state index < -0.39 is 5.97 Å². The van der Waals surface area contributed by atoms with Gasteiger partial charge in [-0.1, -0.05) is 12.1 Å². The molecule has 0 saturated heterocycles. The molecule has 0 aliphatic heterocycles. The maximum absolute atomic E-state index is 11.2. The highest BCUT2D eigenvalue weighted by Crippen LogP contribution is 2.28. The molecule has 7 heteroatoms. The van der Waals surface area contributed by atoms with Gasteiger partial charge >= 0.3 is 5.97 Å². The number of aromatic nitrogens is 4. The van der Waals surface area contributed by atoms with Gasteiger partial charge in [0.15, 0.2) is 5.82 Å². The molecule has 0 fully saturated rings. The summed E-state index contributed by atoms with van der Waals surface area (Å²) in [7, 11) is 1.62. The van der Waals surface area contributed by atoms with Crippen LogP contribution in [0.25, 0.3) is 33.7 Å². The number of benzene rings is 2. The Morgan fingerprint density at radius 1 is 1.20 bits per heavy atom. The summed E-state index contributed by atoms with van der Waals surface area (Å²) < 4.78 is 5.24. The van der Waals surface area contributed by atoms with Crippen molar-refractivity contribution in [2.24, 2.45) is 0 Å². The Bertz CT molecular complexity index is 1080. The molecule has 7 nitrogen and oxygen atoms in total. The molecular weight excluding hydrogens is 320 g/mol. The number of hydrogen-bond donors (Lipinski definition) is 3.